The number of halogens is 2. The molecule has 0 spiro atoms. The van der Waals surface area contributed by atoms with Crippen LogP contribution in [0, 0.1) is 6.92 Å². The second-order valence-corrected chi connectivity index (χ2v) is 7.63. The number of para-hydroxylation sites is 2. The number of benzene rings is 4. The number of nitrogens with zero attached hydrogens (tertiary/aromatic N) is 1. The second-order valence-electron chi connectivity index (χ2n) is 6.81. The van der Waals surface area contributed by atoms with Gasteiger partial charge in [0.1, 0.15) is 0 Å². The molecule has 0 atom stereocenters. The Morgan fingerprint density at radius 2 is 1.21 bits per heavy atom. The van der Waals surface area contributed by atoms with Crippen LogP contribution in [0.4, 0.5) is 22.7 Å². The van der Waals surface area contributed by atoms with E-state index in [1.807, 2.05) is 55.5 Å². The summed E-state index contributed by atoms with van der Waals surface area (Å²) in [4.78, 5) is 2.21. The minimum absolute atomic E-state index is 0.462. The van der Waals surface area contributed by atoms with Crippen LogP contribution in [0.1, 0.15) is 5.56 Å². The maximum atomic E-state index is 6.38. The highest BCUT2D eigenvalue weighted by molar-refractivity contribution is 6.37. The lowest BCUT2D eigenvalue weighted by atomic mass is 9.97. The Labute approximate surface area is 181 Å². The van der Waals surface area contributed by atoms with Crippen molar-refractivity contribution in [3.63, 3.8) is 0 Å². The number of hydrogen-bond acceptors (Lipinski definition) is 2. The fourth-order valence-electron chi connectivity index (χ4n) is 3.51. The van der Waals surface area contributed by atoms with Crippen LogP contribution in [-0.4, -0.2) is 0 Å². The molecule has 0 saturated heterocycles. The van der Waals surface area contributed by atoms with Gasteiger partial charge in [-0.1, -0.05) is 71.7 Å². The molecule has 0 unspecified atom stereocenters. The number of nitrogen functional groups attached to an aromatic ring is 1. The molecule has 0 fully saturated rings. The molecule has 0 bridgehead atoms. The monoisotopic (exact) mass is 418 g/mol. The average molecular weight is 419 g/mol. The van der Waals surface area contributed by atoms with E-state index >= 15 is 0 Å². The van der Waals surface area contributed by atoms with Gasteiger partial charge in [0.25, 0.3) is 0 Å². The lowest BCUT2D eigenvalue weighted by Gasteiger charge is -2.26. The van der Waals surface area contributed by atoms with E-state index in [-0.39, 0.29) is 0 Å². The van der Waals surface area contributed by atoms with Crippen molar-refractivity contribution in [2.24, 2.45) is 0 Å². The summed E-state index contributed by atoms with van der Waals surface area (Å²) >= 11 is 12.7. The Balaban J connectivity index is 1.90. The third kappa shape index (κ3) is 3.82. The molecule has 144 valence electrons. The molecule has 29 heavy (non-hydrogen) atoms. The summed E-state index contributed by atoms with van der Waals surface area (Å²) in [5, 5.41) is 1.07. The van der Waals surface area contributed by atoms with E-state index < -0.39 is 0 Å². The minimum atomic E-state index is 0.462. The van der Waals surface area contributed by atoms with E-state index in [1.165, 1.54) is 0 Å². The zero-order chi connectivity index (χ0) is 20.4. The first-order valence-electron chi connectivity index (χ1n) is 9.31. The highest BCUT2D eigenvalue weighted by Crippen LogP contribution is 2.41. The highest BCUT2D eigenvalue weighted by Gasteiger charge is 2.16. The van der Waals surface area contributed by atoms with Crippen LogP contribution in [-0.2, 0) is 0 Å². The van der Waals surface area contributed by atoms with Gasteiger partial charge in [-0.15, -0.1) is 0 Å². The Hall–Kier alpha value is -2.94. The zero-order valence-electron chi connectivity index (χ0n) is 15.9. The smallest absolute Gasteiger partial charge is 0.0656 e. The van der Waals surface area contributed by atoms with Gasteiger partial charge >= 0.3 is 0 Å². The van der Waals surface area contributed by atoms with Crippen molar-refractivity contribution < 1.29 is 0 Å². The van der Waals surface area contributed by atoms with Gasteiger partial charge in [-0.05, 0) is 60.5 Å². The second kappa shape index (κ2) is 8.20. The number of nitrogens with two attached hydrogens (primary N) is 1. The minimum Gasteiger partial charge on any atom is -0.397 e. The molecule has 2 nitrogen and oxygen atoms in total. The van der Waals surface area contributed by atoms with E-state index in [4.69, 9.17) is 28.9 Å². The van der Waals surface area contributed by atoms with Crippen LogP contribution in [0.15, 0.2) is 91.0 Å². The molecule has 0 aliphatic heterocycles. The SMILES string of the molecule is Cc1c(Cl)cc(Cl)c(N)c1-c1cccc(N(c2ccccc2)c2ccccc2)c1. The highest BCUT2D eigenvalue weighted by atomic mass is 35.5. The first kappa shape index (κ1) is 19.4. The summed E-state index contributed by atoms with van der Waals surface area (Å²) < 4.78 is 0. The largest absolute Gasteiger partial charge is 0.397 e. The van der Waals surface area contributed by atoms with Gasteiger partial charge in [-0.3, -0.25) is 0 Å². The van der Waals surface area contributed by atoms with Gasteiger partial charge < -0.3 is 10.6 Å². The van der Waals surface area contributed by atoms with Crippen LogP contribution in [0.25, 0.3) is 11.1 Å². The molecular formula is C25H20Cl2N2. The van der Waals surface area contributed by atoms with Crippen LogP contribution < -0.4 is 10.6 Å². The Morgan fingerprint density at radius 3 is 1.79 bits per heavy atom. The van der Waals surface area contributed by atoms with E-state index in [2.05, 4.69) is 41.3 Å². The third-order valence-electron chi connectivity index (χ3n) is 4.94. The van der Waals surface area contributed by atoms with Crippen LogP contribution >= 0.6 is 23.2 Å². The lowest BCUT2D eigenvalue weighted by Crippen LogP contribution is -2.09. The normalized spacial score (nSPS) is 10.7. The van der Waals surface area contributed by atoms with Crippen molar-refractivity contribution in [1.29, 1.82) is 0 Å². The van der Waals surface area contributed by atoms with Crippen LogP contribution in [0.3, 0.4) is 0 Å². The molecule has 0 radical (unpaired) electrons. The number of hydrogen-bond donors (Lipinski definition) is 1. The van der Waals surface area contributed by atoms with Gasteiger partial charge in [0, 0.05) is 27.6 Å². The van der Waals surface area contributed by atoms with Crippen molar-refractivity contribution in [3.8, 4) is 11.1 Å². The molecule has 0 saturated carbocycles. The van der Waals surface area contributed by atoms with Gasteiger partial charge in [0.15, 0.2) is 0 Å². The fraction of sp³-hybridized carbons (Fsp3) is 0.0400. The maximum absolute atomic E-state index is 6.38. The predicted octanol–water partition coefficient (Wildman–Crippen LogP) is 8.02. The van der Waals surface area contributed by atoms with E-state index in [9.17, 15) is 0 Å². The summed E-state index contributed by atoms with van der Waals surface area (Å²) in [6, 6.07) is 30.5. The summed E-state index contributed by atoms with van der Waals surface area (Å²) in [6.07, 6.45) is 0. The fourth-order valence-corrected chi connectivity index (χ4v) is 3.97. The van der Waals surface area contributed by atoms with Gasteiger partial charge in [0.2, 0.25) is 0 Å². The Bertz CT molecular complexity index is 1080. The topological polar surface area (TPSA) is 29.3 Å². The van der Waals surface area contributed by atoms with Crippen molar-refractivity contribution >= 4 is 46.0 Å². The van der Waals surface area contributed by atoms with Crippen LogP contribution in [0.5, 0.6) is 0 Å². The summed E-state index contributed by atoms with van der Waals surface area (Å²) in [7, 11) is 0. The van der Waals surface area contributed by atoms with E-state index in [0.717, 1.165) is 33.8 Å². The predicted molar refractivity (Wildman–Crippen MR) is 126 cm³/mol. The van der Waals surface area contributed by atoms with Crippen molar-refractivity contribution in [2.75, 3.05) is 10.6 Å². The van der Waals surface area contributed by atoms with Gasteiger partial charge in [0.05, 0.1) is 10.7 Å². The third-order valence-corrected chi connectivity index (χ3v) is 5.64. The molecule has 4 aromatic carbocycles. The lowest BCUT2D eigenvalue weighted by molar-refractivity contribution is 1.28. The molecule has 0 amide bonds. The molecule has 0 aromatic heterocycles. The molecule has 2 N–H and O–H groups in total. The molecule has 4 aromatic rings. The molecule has 4 heteroatoms. The number of rotatable bonds is 4. The Morgan fingerprint density at radius 1 is 0.655 bits per heavy atom. The van der Waals surface area contributed by atoms with Crippen LogP contribution in [0.2, 0.25) is 10.0 Å². The first-order chi connectivity index (χ1) is 14.1. The molecule has 0 aliphatic carbocycles. The zero-order valence-corrected chi connectivity index (χ0v) is 17.5. The average Bonchev–Trinajstić information content (AvgIpc) is 2.75. The van der Waals surface area contributed by atoms with Gasteiger partial charge in [-0.2, -0.15) is 0 Å². The van der Waals surface area contributed by atoms with Crippen molar-refractivity contribution in [3.05, 3.63) is 107 Å². The molecule has 0 aliphatic rings. The maximum Gasteiger partial charge on any atom is 0.0656 e. The van der Waals surface area contributed by atoms with Gasteiger partial charge in [-0.25, -0.2) is 0 Å². The number of anilines is 4. The van der Waals surface area contributed by atoms with Crippen molar-refractivity contribution in [2.45, 2.75) is 6.92 Å². The Kier molecular flexibility index (Phi) is 5.48. The summed E-state index contributed by atoms with van der Waals surface area (Å²) in [5.74, 6) is 0. The van der Waals surface area contributed by atoms with E-state index in [1.54, 1.807) is 6.07 Å². The van der Waals surface area contributed by atoms with Crippen molar-refractivity contribution in [1.82, 2.24) is 0 Å². The summed E-state index contributed by atoms with van der Waals surface area (Å²) in [5.41, 5.74) is 12.8. The molecular weight excluding hydrogens is 399 g/mol. The quantitative estimate of drug-likeness (QED) is 0.339. The first-order valence-corrected chi connectivity index (χ1v) is 10.1. The summed E-state index contributed by atoms with van der Waals surface area (Å²) in [6.45, 7) is 1.96. The molecule has 0 heterocycles. The van der Waals surface area contributed by atoms with E-state index in [0.29, 0.717) is 15.7 Å². The molecule has 4 rings (SSSR count). The standard InChI is InChI=1S/C25H20Cl2N2/c1-17-22(26)16-23(27)25(28)24(17)18-9-8-14-21(15-18)29(19-10-4-2-5-11-19)20-12-6-3-7-13-20/h2-16H,28H2,1H3.